The Balaban J connectivity index is 1.56. The zero-order valence-corrected chi connectivity index (χ0v) is 18.7. The number of benzene rings is 1. The van der Waals surface area contributed by atoms with Crippen LogP contribution in [0, 0.1) is 3.57 Å². The fraction of sp³-hybridized carbons (Fsp3) is 0.364. The summed E-state index contributed by atoms with van der Waals surface area (Å²) in [5, 5.41) is 3.80. The van der Waals surface area contributed by atoms with Crippen LogP contribution in [-0.4, -0.2) is 39.5 Å². The Morgan fingerprint density at radius 1 is 1.28 bits per heavy atom. The van der Waals surface area contributed by atoms with Gasteiger partial charge in [0.15, 0.2) is 0 Å². The van der Waals surface area contributed by atoms with Crippen LogP contribution in [0.1, 0.15) is 35.8 Å². The molecule has 4 rings (SSSR count). The Morgan fingerprint density at radius 2 is 2.14 bits per heavy atom. The van der Waals surface area contributed by atoms with Gasteiger partial charge in [-0.1, -0.05) is 30.3 Å². The van der Waals surface area contributed by atoms with Crippen molar-refractivity contribution in [1.29, 1.82) is 0 Å². The minimum atomic E-state index is 0.289. The molecule has 1 fully saturated rings. The topological polar surface area (TPSA) is 66.1 Å². The highest BCUT2D eigenvalue weighted by Gasteiger charge is 2.32. The standard InChI is InChI=1S/C22H26IN5O/c1-29-22-17(12-18(23)14-27-22)13-26-19-8-5-11-28(15-20-24-9-10-25-20)21(19)16-6-3-2-4-7-16/h2-4,6-7,9-10,12,14,19,21,26H,5,8,11,13,15H2,1H3,(H,24,25). The number of aromatic nitrogens is 3. The van der Waals surface area contributed by atoms with Crippen molar-refractivity contribution in [3.05, 3.63) is 75.5 Å². The zero-order chi connectivity index (χ0) is 20.1. The number of piperidine rings is 1. The van der Waals surface area contributed by atoms with E-state index in [4.69, 9.17) is 4.74 Å². The molecule has 3 aromatic rings. The van der Waals surface area contributed by atoms with Gasteiger partial charge < -0.3 is 15.0 Å². The SMILES string of the molecule is COc1ncc(I)cc1CNC1CCCN(Cc2ncc[nH]2)C1c1ccccc1. The van der Waals surface area contributed by atoms with E-state index in [9.17, 15) is 0 Å². The third-order valence-corrected chi connectivity index (χ3v) is 6.01. The summed E-state index contributed by atoms with van der Waals surface area (Å²) < 4.78 is 6.58. The molecular formula is C22H26IN5O. The predicted octanol–water partition coefficient (Wildman–Crippen LogP) is 3.91. The number of pyridine rings is 1. The van der Waals surface area contributed by atoms with E-state index in [2.05, 4.69) is 84.2 Å². The molecule has 7 heteroatoms. The van der Waals surface area contributed by atoms with Gasteiger partial charge >= 0.3 is 0 Å². The molecule has 2 unspecified atom stereocenters. The first-order valence-electron chi connectivity index (χ1n) is 9.93. The van der Waals surface area contributed by atoms with Crippen LogP contribution in [0.2, 0.25) is 0 Å². The maximum Gasteiger partial charge on any atom is 0.217 e. The number of rotatable bonds is 7. The first-order chi connectivity index (χ1) is 14.2. The van der Waals surface area contributed by atoms with Gasteiger partial charge in [-0.25, -0.2) is 9.97 Å². The van der Waals surface area contributed by atoms with E-state index in [0.29, 0.717) is 11.9 Å². The summed E-state index contributed by atoms with van der Waals surface area (Å²) in [6.07, 6.45) is 7.84. The normalized spacial score (nSPS) is 19.9. The number of nitrogens with zero attached hydrogens (tertiary/aromatic N) is 3. The largest absolute Gasteiger partial charge is 0.481 e. The Hall–Kier alpha value is -1.97. The van der Waals surface area contributed by atoms with Gasteiger partial charge in [0.25, 0.3) is 0 Å². The second kappa shape index (κ2) is 9.69. The third kappa shape index (κ3) is 4.96. The lowest BCUT2D eigenvalue weighted by Gasteiger charge is -2.42. The van der Waals surface area contributed by atoms with E-state index in [-0.39, 0.29) is 6.04 Å². The van der Waals surface area contributed by atoms with Crippen molar-refractivity contribution in [2.24, 2.45) is 0 Å². The van der Waals surface area contributed by atoms with Gasteiger partial charge in [0, 0.05) is 40.3 Å². The molecule has 152 valence electrons. The number of ether oxygens (including phenoxy) is 1. The minimum Gasteiger partial charge on any atom is -0.481 e. The lowest BCUT2D eigenvalue weighted by atomic mass is 9.90. The molecule has 29 heavy (non-hydrogen) atoms. The van der Waals surface area contributed by atoms with Gasteiger partial charge in [-0.2, -0.15) is 0 Å². The average Bonchev–Trinajstić information content (AvgIpc) is 3.26. The summed E-state index contributed by atoms with van der Waals surface area (Å²) in [4.78, 5) is 14.6. The molecule has 0 spiro atoms. The molecule has 0 saturated carbocycles. The van der Waals surface area contributed by atoms with Crippen LogP contribution in [0.5, 0.6) is 5.88 Å². The van der Waals surface area contributed by atoms with Gasteiger partial charge in [-0.05, 0) is 53.6 Å². The van der Waals surface area contributed by atoms with Crippen molar-refractivity contribution in [3.63, 3.8) is 0 Å². The van der Waals surface area contributed by atoms with Crippen LogP contribution < -0.4 is 10.1 Å². The average molecular weight is 503 g/mol. The van der Waals surface area contributed by atoms with Crippen LogP contribution in [0.4, 0.5) is 0 Å². The summed E-state index contributed by atoms with van der Waals surface area (Å²) in [6.45, 7) is 2.61. The first-order valence-corrected chi connectivity index (χ1v) is 11.0. The molecule has 1 saturated heterocycles. The minimum absolute atomic E-state index is 0.289. The number of likely N-dealkylation sites (tertiary alicyclic amines) is 1. The number of H-pyrrole nitrogens is 1. The van der Waals surface area contributed by atoms with Crippen molar-refractivity contribution in [2.75, 3.05) is 13.7 Å². The number of imidazole rings is 1. The maximum absolute atomic E-state index is 5.47. The van der Waals surface area contributed by atoms with Gasteiger partial charge in [0.1, 0.15) is 5.82 Å². The van der Waals surface area contributed by atoms with E-state index >= 15 is 0 Å². The molecule has 0 amide bonds. The van der Waals surface area contributed by atoms with Crippen LogP contribution in [-0.2, 0) is 13.1 Å². The van der Waals surface area contributed by atoms with Crippen molar-refractivity contribution >= 4 is 22.6 Å². The fourth-order valence-electron chi connectivity index (χ4n) is 4.15. The van der Waals surface area contributed by atoms with Gasteiger partial charge in [-0.15, -0.1) is 0 Å². The number of hydrogen-bond acceptors (Lipinski definition) is 5. The highest BCUT2D eigenvalue weighted by molar-refractivity contribution is 14.1. The van der Waals surface area contributed by atoms with E-state index in [0.717, 1.165) is 47.4 Å². The van der Waals surface area contributed by atoms with Crippen LogP contribution >= 0.6 is 22.6 Å². The molecule has 1 aromatic carbocycles. The second-order valence-corrected chi connectivity index (χ2v) is 8.56. The Kier molecular flexibility index (Phi) is 6.78. The van der Waals surface area contributed by atoms with E-state index in [1.807, 2.05) is 18.6 Å². The van der Waals surface area contributed by atoms with Gasteiger partial charge in [0.2, 0.25) is 5.88 Å². The van der Waals surface area contributed by atoms with Gasteiger partial charge in [0.05, 0.1) is 19.7 Å². The predicted molar refractivity (Wildman–Crippen MR) is 122 cm³/mol. The number of hydrogen-bond donors (Lipinski definition) is 2. The van der Waals surface area contributed by atoms with Crippen LogP contribution in [0.15, 0.2) is 55.0 Å². The number of methoxy groups -OCH3 is 1. The van der Waals surface area contributed by atoms with Crippen molar-refractivity contribution in [3.8, 4) is 5.88 Å². The molecule has 0 aliphatic carbocycles. The molecule has 1 aliphatic rings. The summed E-state index contributed by atoms with van der Waals surface area (Å²) in [5.74, 6) is 1.70. The Labute approximate surface area is 185 Å². The Morgan fingerprint density at radius 3 is 2.90 bits per heavy atom. The van der Waals surface area contributed by atoms with E-state index < -0.39 is 0 Å². The summed E-state index contributed by atoms with van der Waals surface area (Å²) in [6, 6.07) is 13.5. The lowest BCUT2D eigenvalue weighted by Crippen LogP contribution is -2.47. The molecule has 0 bridgehead atoms. The monoisotopic (exact) mass is 503 g/mol. The summed E-state index contributed by atoms with van der Waals surface area (Å²) in [7, 11) is 1.68. The number of aromatic amines is 1. The first kappa shape index (κ1) is 20.3. The van der Waals surface area contributed by atoms with Crippen LogP contribution in [0.25, 0.3) is 0 Å². The van der Waals surface area contributed by atoms with E-state index in [1.54, 1.807) is 7.11 Å². The second-order valence-electron chi connectivity index (χ2n) is 7.31. The fourth-order valence-corrected chi connectivity index (χ4v) is 4.66. The highest BCUT2D eigenvalue weighted by Crippen LogP contribution is 2.32. The number of nitrogens with one attached hydrogen (secondary N) is 2. The molecule has 6 nitrogen and oxygen atoms in total. The maximum atomic E-state index is 5.47. The van der Waals surface area contributed by atoms with Crippen molar-refractivity contribution in [2.45, 2.75) is 38.0 Å². The molecule has 1 aliphatic heterocycles. The molecule has 2 aromatic heterocycles. The molecule has 2 atom stereocenters. The quantitative estimate of drug-likeness (QED) is 0.479. The zero-order valence-electron chi connectivity index (χ0n) is 16.5. The van der Waals surface area contributed by atoms with E-state index in [1.165, 1.54) is 5.56 Å². The van der Waals surface area contributed by atoms with Crippen molar-refractivity contribution < 1.29 is 4.74 Å². The van der Waals surface area contributed by atoms with Crippen molar-refractivity contribution in [1.82, 2.24) is 25.2 Å². The van der Waals surface area contributed by atoms with Crippen LogP contribution in [0.3, 0.4) is 0 Å². The molecule has 0 radical (unpaired) electrons. The molecular weight excluding hydrogens is 477 g/mol. The lowest BCUT2D eigenvalue weighted by molar-refractivity contribution is 0.101. The smallest absolute Gasteiger partial charge is 0.217 e. The highest BCUT2D eigenvalue weighted by atomic mass is 127. The summed E-state index contributed by atoms with van der Waals surface area (Å²) >= 11 is 2.30. The third-order valence-electron chi connectivity index (χ3n) is 5.42. The molecule has 3 heterocycles. The Bertz CT molecular complexity index is 903. The summed E-state index contributed by atoms with van der Waals surface area (Å²) in [5.41, 5.74) is 2.43. The number of halogens is 1. The molecule has 2 N–H and O–H groups in total. The van der Waals surface area contributed by atoms with Gasteiger partial charge in [-0.3, -0.25) is 4.90 Å².